The zero-order valence-corrected chi connectivity index (χ0v) is 49.5. The molecule has 1 aromatic heterocycles. The Morgan fingerprint density at radius 2 is 0.886 bits per heavy atom. The SMILES string of the molecule is Cc1ccc(N(c2cc3c4c(c2)N(c2ccccc2-c2cccc5c2oc2c(C(C)(C)C)cccc25)c2ccc(C(C)(C)C)cc2B4c2cc(C(C)(C)C)ccc2N3c2ccc(C(C)(C)C)cc2)c2ccc(C)cc2C)c(C)c1. The predicted molar refractivity (Wildman–Crippen MR) is 342 cm³/mol. The van der Waals surface area contributed by atoms with Crippen molar-refractivity contribution in [2.75, 3.05) is 14.7 Å². The zero-order valence-electron chi connectivity index (χ0n) is 49.5. The van der Waals surface area contributed by atoms with Crippen molar-refractivity contribution in [3.05, 3.63) is 214 Å². The first kappa shape index (κ1) is 52.0. The quantitative estimate of drug-likeness (QED) is 0.155. The van der Waals surface area contributed by atoms with Crippen LogP contribution in [-0.2, 0) is 21.7 Å². The summed E-state index contributed by atoms with van der Waals surface area (Å²) in [4.78, 5) is 7.72. The van der Waals surface area contributed by atoms with Crippen LogP contribution in [-0.4, -0.2) is 6.71 Å². The van der Waals surface area contributed by atoms with E-state index in [4.69, 9.17) is 4.42 Å². The summed E-state index contributed by atoms with van der Waals surface area (Å²) in [6.45, 7) is 36.6. The van der Waals surface area contributed by atoms with Gasteiger partial charge in [0, 0.05) is 67.3 Å². The number of hydrogen-bond donors (Lipinski definition) is 0. The number of rotatable bonds is 6. The molecular formula is C74H76BN3O. The van der Waals surface area contributed by atoms with E-state index in [0.29, 0.717) is 0 Å². The second-order valence-electron chi connectivity index (χ2n) is 27.0. The maximum Gasteiger partial charge on any atom is 0.252 e. The largest absolute Gasteiger partial charge is 0.455 e. The molecule has 4 nitrogen and oxygen atoms in total. The van der Waals surface area contributed by atoms with E-state index < -0.39 is 0 Å². The van der Waals surface area contributed by atoms with Crippen molar-refractivity contribution in [1.82, 2.24) is 0 Å². The molecule has 3 heterocycles. The van der Waals surface area contributed by atoms with Crippen molar-refractivity contribution in [3.63, 3.8) is 0 Å². The third kappa shape index (κ3) is 8.76. The Bertz CT molecular complexity index is 4020. The highest BCUT2D eigenvalue weighted by molar-refractivity contribution is 7.00. The Morgan fingerprint density at radius 3 is 1.43 bits per heavy atom. The molecule has 0 spiro atoms. The molecule has 2 aliphatic rings. The van der Waals surface area contributed by atoms with Crippen LogP contribution in [0.3, 0.4) is 0 Å². The average Bonchev–Trinajstić information content (AvgIpc) is 3.64. The van der Waals surface area contributed by atoms with E-state index in [1.165, 1.54) is 78.0 Å². The van der Waals surface area contributed by atoms with Crippen LogP contribution in [0.15, 0.2) is 174 Å². The highest BCUT2D eigenvalue weighted by Crippen LogP contribution is 2.52. The molecular weight excluding hydrogens is 958 g/mol. The number of aryl methyl sites for hydroxylation is 4. The highest BCUT2D eigenvalue weighted by atomic mass is 16.3. The van der Waals surface area contributed by atoms with Crippen LogP contribution in [0.1, 0.15) is 128 Å². The van der Waals surface area contributed by atoms with E-state index in [1.54, 1.807) is 0 Å². The molecule has 79 heavy (non-hydrogen) atoms. The van der Waals surface area contributed by atoms with Crippen molar-refractivity contribution in [3.8, 4) is 11.1 Å². The normalized spacial score (nSPS) is 13.5. The van der Waals surface area contributed by atoms with Gasteiger partial charge in [0.05, 0.1) is 11.4 Å². The minimum Gasteiger partial charge on any atom is -0.455 e. The Morgan fingerprint density at radius 1 is 0.392 bits per heavy atom. The van der Waals surface area contributed by atoms with E-state index in [2.05, 4.69) is 295 Å². The Balaban J connectivity index is 1.24. The van der Waals surface area contributed by atoms with Gasteiger partial charge in [-0.25, -0.2) is 0 Å². The van der Waals surface area contributed by atoms with Gasteiger partial charge in [-0.05, 0) is 148 Å². The average molecular weight is 1030 g/mol. The zero-order chi connectivity index (χ0) is 55.8. The molecule has 0 aliphatic carbocycles. The van der Waals surface area contributed by atoms with Gasteiger partial charge >= 0.3 is 0 Å². The summed E-state index contributed by atoms with van der Waals surface area (Å²) in [5.74, 6) is 0. The van der Waals surface area contributed by atoms with Gasteiger partial charge in [0.25, 0.3) is 6.71 Å². The van der Waals surface area contributed by atoms with E-state index in [0.717, 1.165) is 67.2 Å². The van der Waals surface area contributed by atoms with Crippen molar-refractivity contribution in [1.29, 1.82) is 0 Å². The third-order valence-electron chi connectivity index (χ3n) is 17.0. The summed E-state index contributed by atoms with van der Waals surface area (Å²) < 4.78 is 7.22. The third-order valence-corrected chi connectivity index (χ3v) is 17.0. The van der Waals surface area contributed by atoms with Crippen LogP contribution in [0.2, 0.25) is 0 Å². The molecule has 0 N–H and O–H groups in total. The molecule has 5 heteroatoms. The van der Waals surface area contributed by atoms with Gasteiger partial charge in [0.2, 0.25) is 0 Å². The smallest absolute Gasteiger partial charge is 0.252 e. The molecule has 0 unspecified atom stereocenters. The van der Waals surface area contributed by atoms with Crippen LogP contribution in [0.25, 0.3) is 33.1 Å². The second-order valence-corrected chi connectivity index (χ2v) is 27.0. The first-order valence-electron chi connectivity index (χ1n) is 28.5. The summed E-state index contributed by atoms with van der Waals surface area (Å²) in [7, 11) is 0. The number of nitrogens with zero attached hydrogens (tertiary/aromatic N) is 3. The molecule has 0 amide bonds. The maximum atomic E-state index is 7.22. The lowest BCUT2D eigenvalue weighted by Gasteiger charge is -2.46. The van der Waals surface area contributed by atoms with Gasteiger partial charge in [-0.15, -0.1) is 0 Å². The molecule has 12 rings (SSSR count). The van der Waals surface area contributed by atoms with Gasteiger partial charge in [0.1, 0.15) is 11.2 Å². The molecule has 9 aromatic carbocycles. The standard InChI is InChI=1S/C74H76BN3O/c1-45-27-35-61(47(3)39-45)77(62-36-28-46(2)40-48(62)4)53-43-66-68-67(44-53)78(63-26-18-17-21-54(63)55-22-19-23-56-57-24-20-25-58(74(14,15)16)70(57)79-69(55)56)65-38-32-51(73(11,12)13)42-60(65)75(68)59-41-50(72(8,9)10)31-37-64(59)76(66)52-33-29-49(30-34-52)71(5,6)7/h17-44H,1-16H3. The first-order valence-corrected chi connectivity index (χ1v) is 28.5. The molecule has 2 aliphatic heterocycles. The molecule has 0 radical (unpaired) electrons. The Hall–Kier alpha value is -7.76. The highest BCUT2D eigenvalue weighted by Gasteiger charge is 2.45. The van der Waals surface area contributed by atoms with Crippen LogP contribution >= 0.6 is 0 Å². The van der Waals surface area contributed by atoms with Gasteiger partial charge in [-0.1, -0.05) is 209 Å². The van der Waals surface area contributed by atoms with Gasteiger partial charge in [-0.2, -0.15) is 0 Å². The van der Waals surface area contributed by atoms with Crippen LogP contribution in [0, 0.1) is 27.7 Å². The van der Waals surface area contributed by atoms with Gasteiger partial charge in [0.15, 0.2) is 0 Å². The van der Waals surface area contributed by atoms with E-state index in [-0.39, 0.29) is 28.4 Å². The van der Waals surface area contributed by atoms with E-state index in [9.17, 15) is 0 Å². The monoisotopic (exact) mass is 1030 g/mol. The lowest BCUT2D eigenvalue weighted by atomic mass is 9.33. The molecule has 0 bridgehead atoms. The summed E-state index contributed by atoms with van der Waals surface area (Å²) in [6.07, 6.45) is 0. The van der Waals surface area contributed by atoms with E-state index in [1.807, 2.05) is 0 Å². The summed E-state index contributed by atoms with van der Waals surface area (Å²) in [5, 5.41) is 2.27. The topological polar surface area (TPSA) is 22.9 Å². The molecule has 0 atom stereocenters. The number of anilines is 9. The first-order chi connectivity index (χ1) is 37.4. The van der Waals surface area contributed by atoms with Crippen molar-refractivity contribution < 1.29 is 4.42 Å². The molecule has 0 saturated heterocycles. The minimum absolute atomic E-state index is 0.00757. The van der Waals surface area contributed by atoms with Crippen LogP contribution in [0.5, 0.6) is 0 Å². The van der Waals surface area contributed by atoms with Crippen molar-refractivity contribution in [2.45, 2.75) is 132 Å². The summed E-state index contributed by atoms with van der Waals surface area (Å²) >= 11 is 0. The van der Waals surface area contributed by atoms with Crippen molar-refractivity contribution in [2.24, 2.45) is 0 Å². The lowest BCUT2D eigenvalue weighted by Crippen LogP contribution is -2.61. The molecule has 0 saturated carbocycles. The fourth-order valence-corrected chi connectivity index (χ4v) is 12.7. The van der Waals surface area contributed by atoms with E-state index >= 15 is 0 Å². The van der Waals surface area contributed by atoms with Gasteiger partial charge < -0.3 is 19.1 Å². The summed E-state index contributed by atoms with van der Waals surface area (Å²) in [6, 6.07) is 65.3. The molecule has 0 fully saturated rings. The Labute approximate surface area is 470 Å². The maximum absolute atomic E-state index is 7.22. The number of fused-ring (bicyclic) bond motifs is 7. The number of benzene rings is 9. The van der Waals surface area contributed by atoms with Gasteiger partial charge in [-0.3, -0.25) is 0 Å². The Kier molecular flexibility index (Phi) is 12.1. The number of hydrogen-bond acceptors (Lipinski definition) is 4. The fraction of sp³-hybridized carbons (Fsp3) is 0.270. The molecule has 10 aromatic rings. The summed E-state index contributed by atoms with van der Waals surface area (Å²) in [5.41, 5.74) is 28.0. The van der Waals surface area contributed by atoms with Crippen LogP contribution in [0.4, 0.5) is 51.2 Å². The number of para-hydroxylation sites is 3. The van der Waals surface area contributed by atoms with Crippen molar-refractivity contribution >= 4 is 96.2 Å². The molecule has 396 valence electrons. The second kappa shape index (κ2) is 18.4. The minimum atomic E-state index is -0.105. The van der Waals surface area contributed by atoms with Crippen LogP contribution < -0.4 is 31.1 Å². The predicted octanol–water partition coefficient (Wildman–Crippen LogP) is 19.2. The number of furan rings is 1. The fourth-order valence-electron chi connectivity index (χ4n) is 12.7. The lowest BCUT2D eigenvalue weighted by molar-refractivity contribution is 0.573.